The molecule has 0 saturated carbocycles. The minimum Gasteiger partial charge on any atom is -0.484 e. The average molecular weight is 419 g/mol. The monoisotopic (exact) mass is 418 g/mol. The predicted octanol–water partition coefficient (Wildman–Crippen LogP) is 4.13. The lowest BCUT2D eigenvalue weighted by Gasteiger charge is -2.23. The van der Waals surface area contributed by atoms with Gasteiger partial charge in [0.2, 0.25) is 0 Å². The van der Waals surface area contributed by atoms with E-state index in [-0.39, 0.29) is 6.10 Å². The number of anilines is 1. The van der Waals surface area contributed by atoms with Gasteiger partial charge >= 0.3 is 0 Å². The van der Waals surface area contributed by atoms with Crippen molar-refractivity contribution in [3.8, 4) is 5.75 Å². The molecule has 3 rings (SSSR count). The Labute approximate surface area is 183 Å². The van der Waals surface area contributed by atoms with Gasteiger partial charge in [0.25, 0.3) is 0 Å². The number of nitrogens with one attached hydrogen (secondary N) is 4. The van der Waals surface area contributed by atoms with Crippen molar-refractivity contribution in [1.82, 2.24) is 10.6 Å². The Morgan fingerprint density at radius 2 is 1.74 bits per heavy atom. The number of hydrogen-bond acceptors (Lipinski definition) is 7. The molecule has 2 aromatic rings. The summed E-state index contributed by atoms with van der Waals surface area (Å²) in [7, 11) is 3.68. The summed E-state index contributed by atoms with van der Waals surface area (Å²) in [6, 6.07) is 18.1. The third-order valence-corrected chi connectivity index (χ3v) is 5.07. The zero-order chi connectivity index (χ0) is 22.2. The maximum Gasteiger partial charge on any atom is 0.174 e. The molecule has 0 radical (unpaired) electrons. The summed E-state index contributed by atoms with van der Waals surface area (Å²) in [5.74, 6) is 1.20. The molecule has 7 heteroatoms. The van der Waals surface area contributed by atoms with E-state index in [1.807, 2.05) is 63.4 Å². The quantitative estimate of drug-likeness (QED) is 0.519. The molecule has 2 aromatic carbocycles. The van der Waals surface area contributed by atoms with Crippen LogP contribution >= 0.6 is 0 Å². The zero-order valence-corrected chi connectivity index (χ0v) is 18.5. The Hall–Kier alpha value is -3.45. The summed E-state index contributed by atoms with van der Waals surface area (Å²) in [6.45, 7) is 4.64. The van der Waals surface area contributed by atoms with Gasteiger partial charge in [-0.2, -0.15) is 5.10 Å². The molecule has 4 N–H and O–H groups in total. The maximum absolute atomic E-state index is 8.47. The van der Waals surface area contributed by atoms with Gasteiger partial charge in [-0.3, -0.25) is 5.41 Å². The van der Waals surface area contributed by atoms with Crippen LogP contribution in [0, 0.1) is 5.41 Å². The van der Waals surface area contributed by atoms with Crippen molar-refractivity contribution >= 4 is 22.9 Å². The Morgan fingerprint density at radius 3 is 2.45 bits per heavy atom. The number of rotatable bonds is 8. The molecule has 0 amide bonds. The van der Waals surface area contributed by atoms with Crippen LogP contribution in [-0.2, 0) is 0 Å². The molecule has 0 fully saturated rings. The minimum atomic E-state index is -0.0798. The lowest BCUT2D eigenvalue weighted by atomic mass is 10.0. The Kier molecular flexibility index (Phi) is 7.56. The first-order valence-electron chi connectivity index (χ1n) is 10.4. The highest BCUT2D eigenvalue weighted by Crippen LogP contribution is 2.32. The van der Waals surface area contributed by atoms with E-state index in [0.29, 0.717) is 17.3 Å². The van der Waals surface area contributed by atoms with Crippen LogP contribution < -0.4 is 20.7 Å². The number of nitrogens with zero attached hydrogens (tertiary/aromatic N) is 2. The molecule has 1 atom stereocenters. The van der Waals surface area contributed by atoms with Gasteiger partial charge in [0.05, 0.1) is 11.4 Å². The zero-order valence-electron chi connectivity index (χ0n) is 18.5. The maximum atomic E-state index is 8.47. The fourth-order valence-corrected chi connectivity index (χ4v) is 3.49. The summed E-state index contributed by atoms with van der Waals surface area (Å²) >= 11 is 0. The molecule has 7 nitrogen and oxygen atoms in total. The molecule has 1 aliphatic rings. The van der Waals surface area contributed by atoms with E-state index in [9.17, 15) is 0 Å². The predicted molar refractivity (Wildman–Crippen MR) is 128 cm³/mol. The fourth-order valence-electron chi connectivity index (χ4n) is 3.49. The average Bonchev–Trinajstić information content (AvgIpc) is 2.78. The third-order valence-electron chi connectivity index (χ3n) is 5.07. The van der Waals surface area contributed by atoms with Crippen LogP contribution in [0.4, 0.5) is 5.69 Å². The lowest BCUT2D eigenvalue weighted by Crippen LogP contribution is -2.34. The molecule has 162 valence electrons. The molecular formula is C24H30N6O. The second-order valence-electron chi connectivity index (χ2n) is 7.29. The third kappa shape index (κ3) is 5.38. The Balaban J connectivity index is 1.89. The Morgan fingerprint density at radius 1 is 1.03 bits per heavy atom. The van der Waals surface area contributed by atoms with Crippen LogP contribution in [0.3, 0.4) is 0 Å². The van der Waals surface area contributed by atoms with E-state index in [1.54, 1.807) is 7.05 Å². The van der Waals surface area contributed by atoms with E-state index in [4.69, 9.17) is 10.1 Å². The highest BCUT2D eigenvalue weighted by molar-refractivity contribution is 6.53. The van der Waals surface area contributed by atoms with Crippen LogP contribution in [-0.4, -0.2) is 37.9 Å². The van der Waals surface area contributed by atoms with Crippen molar-refractivity contribution in [1.29, 1.82) is 5.41 Å². The minimum absolute atomic E-state index is 0.0798. The normalized spacial score (nSPS) is 16.2. The highest BCUT2D eigenvalue weighted by Gasteiger charge is 2.22. The largest absolute Gasteiger partial charge is 0.484 e. The second-order valence-corrected chi connectivity index (χ2v) is 7.29. The van der Waals surface area contributed by atoms with Gasteiger partial charge < -0.3 is 20.7 Å². The molecule has 1 aliphatic heterocycles. The molecule has 1 unspecified atom stereocenters. The van der Waals surface area contributed by atoms with Crippen molar-refractivity contribution in [3.63, 3.8) is 0 Å². The summed E-state index contributed by atoms with van der Waals surface area (Å²) in [6.07, 6.45) is 0.761. The molecule has 1 heterocycles. The van der Waals surface area contributed by atoms with Crippen molar-refractivity contribution < 1.29 is 4.74 Å². The Bertz CT molecular complexity index is 1010. The first kappa shape index (κ1) is 22.2. The van der Waals surface area contributed by atoms with Gasteiger partial charge in [0.15, 0.2) is 5.84 Å². The molecule has 0 aliphatic carbocycles. The van der Waals surface area contributed by atoms with Crippen LogP contribution in [0.15, 0.2) is 76.1 Å². The highest BCUT2D eigenvalue weighted by atomic mass is 16.5. The standard InChI is InChI=1S/C24H30N6O/c1-16(22-17(2)29-30-24(27-4)23(22)25)28-19-12-8-9-13-21(19)31-20(14-15-26-3)18-10-6-5-7-11-18/h5-13,20,25-26,28H,14-15H2,1-4H3,(H,27,30)/b22-16-,25-23?. The van der Waals surface area contributed by atoms with Crippen molar-refractivity contribution in [3.05, 3.63) is 71.4 Å². The van der Waals surface area contributed by atoms with Gasteiger partial charge in [0, 0.05) is 24.7 Å². The fraction of sp³-hybridized carbons (Fsp3) is 0.292. The number of para-hydroxylation sites is 2. The van der Waals surface area contributed by atoms with Crippen LogP contribution in [0.2, 0.25) is 0 Å². The summed E-state index contributed by atoms with van der Waals surface area (Å²) < 4.78 is 6.47. The topological polar surface area (TPSA) is 93.9 Å². The van der Waals surface area contributed by atoms with Crippen LogP contribution in [0.1, 0.15) is 31.9 Å². The molecule has 0 saturated heterocycles. The van der Waals surface area contributed by atoms with Gasteiger partial charge in [-0.1, -0.05) is 42.5 Å². The van der Waals surface area contributed by atoms with Crippen LogP contribution in [0.5, 0.6) is 5.75 Å². The van der Waals surface area contributed by atoms with E-state index in [1.165, 1.54) is 0 Å². The van der Waals surface area contributed by atoms with E-state index in [2.05, 4.69) is 38.3 Å². The van der Waals surface area contributed by atoms with Crippen LogP contribution in [0.25, 0.3) is 0 Å². The molecule has 0 bridgehead atoms. The van der Waals surface area contributed by atoms with Gasteiger partial charge in [-0.15, -0.1) is 5.10 Å². The van der Waals surface area contributed by atoms with Crippen molar-refractivity contribution in [2.75, 3.05) is 26.0 Å². The SMILES string of the molecule is CNCCC(Oc1ccccc1N/C(C)=C1\C(=N)C(NC)=NN=C1C)c1ccccc1. The summed E-state index contributed by atoms with van der Waals surface area (Å²) in [5, 5.41) is 26.3. The first-order valence-corrected chi connectivity index (χ1v) is 10.4. The van der Waals surface area contributed by atoms with Gasteiger partial charge in [-0.25, -0.2) is 0 Å². The second kappa shape index (κ2) is 10.5. The van der Waals surface area contributed by atoms with Crippen molar-refractivity contribution in [2.45, 2.75) is 26.4 Å². The number of allylic oxidation sites excluding steroid dienone is 1. The molecule has 0 spiro atoms. The number of hydrogen-bond donors (Lipinski definition) is 4. The molecular weight excluding hydrogens is 388 g/mol. The summed E-state index contributed by atoms with van der Waals surface area (Å²) in [4.78, 5) is 0. The first-order chi connectivity index (χ1) is 15.0. The van der Waals surface area contributed by atoms with Gasteiger partial charge in [0.1, 0.15) is 17.6 Å². The van der Waals surface area contributed by atoms with E-state index >= 15 is 0 Å². The molecule has 0 aromatic heterocycles. The number of ether oxygens (including phenoxy) is 1. The lowest BCUT2D eigenvalue weighted by molar-refractivity contribution is 0.196. The van der Waals surface area contributed by atoms with E-state index < -0.39 is 0 Å². The number of amidine groups is 1. The van der Waals surface area contributed by atoms with E-state index in [0.717, 1.165) is 41.2 Å². The van der Waals surface area contributed by atoms with Gasteiger partial charge in [-0.05, 0) is 45.1 Å². The number of benzene rings is 2. The smallest absolute Gasteiger partial charge is 0.174 e. The summed E-state index contributed by atoms with van der Waals surface area (Å²) in [5.41, 5.74) is 4.53. The van der Waals surface area contributed by atoms with Crippen molar-refractivity contribution in [2.24, 2.45) is 10.2 Å². The molecule has 31 heavy (non-hydrogen) atoms.